The predicted octanol–water partition coefficient (Wildman–Crippen LogP) is 0.900. The van der Waals surface area contributed by atoms with Crippen molar-refractivity contribution >= 4 is 29.4 Å². The number of benzene rings is 1. The fourth-order valence-corrected chi connectivity index (χ4v) is 2.18. The van der Waals surface area contributed by atoms with Gasteiger partial charge < -0.3 is 24.6 Å². The lowest BCUT2D eigenvalue weighted by atomic mass is 10.2. The summed E-state index contributed by atoms with van der Waals surface area (Å²) in [6, 6.07) is 9.04. The zero-order valence-electron chi connectivity index (χ0n) is 17.3. The van der Waals surface area contributed by atoms with Crippen LogP contribution in [-0.4, -0.2) is 80.0 Å². The second-order valence-corrected chi connectivity index (χ2v) is 6.65. The van der Waals surface area contributed by atoms with E-state index in [0.29, 0.717) is 6.42 Å². The number of rotatable bonds is 11. The number of para-hydroxylation sites is 1. The molecule has 0 aromatic heterocycles. The Morgan fingerprint density at radius 1 is 0.897 bits per heavy atom. The molecule has 1 aromatic carbocycles. The Balaban J connectivity index is 2.55. The highest BCUT2D eigenvalue weighted by Crippen LogP contribution is 2.10. The maximum Gasteiger partial charge on any atom is 0.325 e. The van der Waals surface area contributed by atoms with Crippen molar-refractivity contribution in [2.45, 2.75) is 26.3 Å². The smallest absolute Gasteiger partial charge is 0.325 e. The summed E-state index contributed by atoms with van der Waals surface area (Å²) in [5.74, 6) is -1.50. The van der Waals surface area contributed by atoms with E-state index in [1.54, 1.807) is 0 Å². The van der Waals surface area contributed by atoms with Crippen molar-refractivity contribution in [1.82, 2.24) is 9.80 Å². The Labute approximate surface area is 170 Å². The average Bonchev–Trinajstić information content (AvgIpc) is 2.66. The van der Waals surface area contributed by atoms with Gasteiger partial charge in [-0.1, -0.05) is 18.2 Å². The number of likely N-dealkylation sites (N-methyl/N-ethyl adjacent to an activating group) is 2. The van der Waals surface area contributed by atoms with Gasteiger partial charge in [0.1, 0.15) is 19.7 Å². The second-order valence-electron chi connectivity index (χ2n) is 6.65. The second kappa shape index (κ2) is 12.4. The van der Waals surface area contributed by atoms with Crippen LogP contribution >= 0.6 is 0 Å². The van der Waals surface area contributed by atoms with Crippen LogP contribution in [0.4, 0.5) is 5.69 Å². The molecule has 0 aliphatic carbocycles. The van der Waals surface area contributed by atoms with Crippen molar-refractivity contribution in [1.29, 1.82) is 0 Å². The fourth-order valence-electron chi connectivity index (χ4n) is 2.18. The molecule has 1 atom stereocenters. The molecule has 0 saturated heterocycles. The monoisotopic (exact) mass is 407 g/mol. The van der Waals surface area contributed by atoms with E-state index in [9.17, 15) is 19.2 Å². The van der Waals surface area contributed by atoms with Gasteiger partial charge in [0.2, 0.25) is 11.8 Å². The van der Waals surface area contributed by atoms with Crippen LogP contribution in [0.3, 0.4) is 0 Å². The number of esters is 2. The maximum absolute atomic E-state index is 11.9. The van der Waals surface area contributed by atoms with Gasteiger partial charge in [0.15, 0.2) is 0 Å². The van der Waals surface area contributed by atoms with Gasteiger partial charge in [-0.05, 0) is 12.1 Å². The first-order chi connectivity index (χ1) is 13.7. The molecule has 0 fully saturated rings. The predicted molar refractivity (Wildman–Crippen MR) is 107 cm³/mol. The molecule has 1 aromatic rings. The summed E-state index contributed by atoms with van der Waals surface area (Å²) in [5, 5.41) is 3.23. The molecule has 0 heterocycles. The van der Waals surface area contributed by atoms with E-state index in [4.69, 9.17) is 9.47 Å². The van der Waals surface area contributed by atoms with E-state index in [0.717, 1.165) is 5.69 Å². The van der Waals surface area contributed by atoms with E-state index >= 15 is 0 Å². The molecule has 2 amide bonds. The van der Waals surface area contributed by atoms with Crippen LogP contribution in [-0.2, 0) is 28.7 Å². The minimum Gasteiger partial charge on any atom is -0.464 e. The molecule has 0 spiro atoms. The SMILES string of the molecule is CC(=O)N(C)CC(=O)OCCC(COC(=O)CN(C)C(C)=O)Nc1ccccc1. The molecule has 1 N–H and O–H groups in total. The van der Waals surface area contributed by atoms with Gasteiger partial charge in [-0.3, -0.25) is 19.2 Å². The van der Waals surface area contributed by atoms with Crippen LogP contribution in [0.5, 0.6) is 0 Å². The Bertz CT molecular complexity index is 695. The van der Waals surface area contributed by atoms with Gasteiger partial charge in [-0.25, -0.2) is 0 Å². The summed E-state index contributed by atoms with van der Waals surface area (Å²) < 4.78 is 10.4. The van der Waals surface area contributed by atoms with Gasteiger partial charge >= 0.3 is 11.9 Å². The van der Waals surface area contributed by atoms with Crippen LogP contribution in [0.1, 0.15) is 20.3 Å². The Morgan fingerprint density at radius 3 is 1.93 bits per heavy atom. The first kappa shape index (κ1) is 23.9. The number of ether oxygens (including phenoxy) is 2. The minimum absolute atomic E-state index is 0.0460. The Hall–Kier alpha value is -3.10. The van der Waals surface area contributed by atoms with E-state index in [-0.39, 0.29) is 44.2 Å². The van der Waals surface area contributed by atoms with Gasteiger partial charge in [0.05, 0.1) is 12.6 Å². The maximum atomic E-state index is 11.9. The van der Waals surface area contributed by atoms with Crippen LogP contribution in [0.15, 0.2) is 30.3 Å². The van der Waals surface area contributed by atoms with Crippen LogP contribution in [0.2, 0.25) is 0 Å². The van der Waals surface area contributed by atoms with E-state index in [1.165, 1.54) is 37.7 Å². The average molecular weight is 407 g/mol. The highest BCUT2D eigenvalue weighted by atomic mass is 16.5. The quantitative estimate of drug-likeness (QED) is 0.543. The Kier molecular flexibility index (Phi) is 10.2. The Morgan fingerprint density at radius 2 is 1.41 bits per heavy atom. The molecule has 1 rings (SSSR count). The van der Waals surface area contributed by atoms with Crippen LogP contribution in [0, 0.1) is 0 Å². The van der Waals surface area contributed by atoms with Crippen LogP contribution < -0.4 is 5.32 Å². The number of carbonyl (C=O) groups is 4. The first-order valence-corrected chi connectivity index (χ1v) is 9.25. The van der Waals surface area contributed by atoms with E-state index in [1.807, 2.05) is 30.3 Å². The topological polar surface area (TPSA) is 105 Å². The lowest BCUT2D eigenvalue weighted by Gasteiger charge is -2.21. The largest absolute Gasteiger partial charge is 0.464 e. The molecule has 0 aliphatic heterocycles. The van der Waals surface area contributed by atoms with Crippen molar-refractivity contribution < 1.29 is 28.7 Å². The number of hydrogen-bond acceptors (Lipinski definition) is 7. The lowest BCUT2D eigenvalue weighted by molar-refractivity contribution is -0.149. The first-order valence-electron chi connectivity index (χ1n) is 9.25. The highest BCUT2D eigenvalue weighted by Gasteiger charge is 2.16. The van der Waals surface area contributed by atoms with Crippen LogP contribution in [0.25, 0.3) is 0 Å². The minimum atomic E-state index is -0.525. The highest BCUT2D eigenvalue weighted by molar-refractivity contribution is 5.80. The lowest BCUT2D eigenvalue weighted by Crippen LogP contribution is -2.35. The molecule has 0 bridgehead atoms. The molecule has 160 valence electrons. The number of carbonyl (C=O) groups excluding carboxylic acids is 4. The molecule has 0 aliphatic rings. The zero-order valence-corrected chi connectivity index (χ0v) is 17.3. The molecule has 0 radical (unpaired) electrons. The molecule has 0 saturated carbocycles. The molecular formula is C20H29N3O6. The molecule has 9 nitrogen and oxygen atoms in total. The van der Waals surface area contributed by atoms with E-state index < -0.39 is 11.9 Å². The summed E-state index contributed by atoms with van der Waals surface area (Å²) in [7, 11) is 3.03. The molecular weight excluding hydrogens is 378 g/mol. The third kappa shape index (κ3) is 10.1. The summed E-state index contributed by atoms with van der Waals surface area (Å²) in [6.07, 6.45) is 0.389. The molecule has 29 heavy (non-hydrogen) atoms. The van der Waals surface area contributed by atoms with Gasteiger partial charge in [0.25, 0.3) is 0 Å². The normalized spacial score (nSPS) is 11.2. The number of anilines is 1. The van der Waals surface area contributed by atoms with Gasteiger partial charge in [0, 0.05) is 40.1 Å². The summed E-state index contributed by atoms with van der Waals surface area (Å²) in [4.78, 5) is 48.6. The zero-order chi connectivity index (χ0) is 21.8. The van der Waals surface area contributed by atoms with Crippen molar-refractivity contribution in [2.75, 3.05) is 45.7 Å². The molecule has 1 unspecified atom stereocenters. The standard InChI is InChI=1S/C20H29N3O6/c1-15(24)22(3)12-19(26)28-11-10-18(21-17-8-6-5-7-9-17)14-29-20(27)13-23(4)16(2)25/h5-9,18,21H,10-14H2,1-4H3. The van der Waals surface area contributed by atoms with Gasteiger partial charge in [-0.2, -0.15) is 0 Å². The van der Waals surface area contributed by atoms with Crippen molar-refractivity contribution in [3.63, 3.8) is 0 Å². The van der Waals surface area contributed by atoms with Crippen molar-refractivity contribution in [3.8, 4) is 0 Å². The summed E-state index contributed by atoms with van der Waals surface area (Å²) >= 11 is 0. The molecule has 9 heteroatoms. The fraction of sp³-hybridized carbons (Fsp3) is 0.500. The van der Waals surface area contributed by atoms with Gasteiger partial charge in [-0.15, -0.1) is 0 Å². The number of nitrogens with zero attached hydrogens (tertiary/aromatic N) is 2. The summed E-state index contributed by atoms with van der Waals surface area (Å²) in [5.41, 5.74) is 0.831. The third-order valence-corrected chi connectivity index (χ3v) is 4.13. The van der Waals surface area contributed by atoms with Crippen molar-refractivity contribution in [3.05, 3.63) is 30.3 Å². The van der Waals surface area contributed by atoms with Crippen molar-refractivity contribution in [2.24, 2.45) is 0 Å². The summed E-state index contributed by atoms with van der Waals surface area (Å²) in [6.45, 7) is 2.61. The third-order valence-electron chi connectivity index (χ3n) is 4.13. The number of amides is 2. The van der Waals surface area contributed by atoms with E-state index in [2.05, 4.69) is 5.32 Å². The number of hydrogen-bond donors (Lipinski definition) is 1. The number of nitrogens with one attached hydrogen (secondary N) is 1.